The fourth-order valence-corrected chi connectivity index (χ4v) is 3.36. The summed E-state index contributed by atoms with van der Waals surface area (Å²) < 4.78 is 10.2. The van der Waals surface area contributed by atoms with Crippen molar-refractivity contribution in [1.29, 1.82) is 0 Å². The zero-order chi connectivity index (χ0) is 18.1. The molecule has 2 heterocycles. The Hall–Kier alpha value is -3.34. The van der Waals surface area contributed by atoms with Crippen molar-refractivity contribution in [1.82, 2.24) is 0 Å². The van der Waals surface area contributed by atoms with Crippen molar-refractivity contribution < 1.29 is 13.9 Å². The number of amides is 1. The van der Waals surface area contributed by atoms with E-state index in [4.69, 9.17) is 9.15 Å². The lowest BCUT2D eigenvalue weighted by atomic mass is 9.93. The normalized spacial score (nSPS) is 15.6. The van der Waals surface area contributed by atoms with E-state index in [0.717, 1.165) is 16.8 Å². The van der Waals surface area contributed by atoms with Gasteiger partial charge in [0.25, 0.3) is 5.91 Å². The third-order valence-corrected chi connectivity index (χ3v) is 4.64. The van der Waals surface area contributed by atoms with E-state index in [-0.39, 0.29) is 28.8 Å². The van der Waals surface area contributed by atoms with Gasteiger partial charge in [0.2, 0.25) is 11.2 Å². The maximum Gasteiger partial charge on any atom is 0.294 e. The number of nitrogens with zero attached hydrogens (tertiary/aromatic N) is 1. The average molecular weight is 347 g/mol. The third-order valence-electron chi connectivity index (χ3n) is 4.64. The van der Waals surface area contributed by atoms with E-state index in [1.807, 2.05) is 42.5 Å². The van der Waals surface area contributed by atoms with Crippen LogP contribution in [0.4, 0.5) is 5.69 Å². The van der Waals surface area contributed by atoms with Crippen LogP contribution >= 0.6 is 0 Å². The molecule has 1 aromatic heterocycles. The Balaban J connectivity index is 1.72. The Labute approximate surface area is 150 Å². The molecule has 0 N–H and O–H groups in total. The van der Waals surface area contributed by atoms with Crippen molar-refractivity contribution in [3.63, 3.8) is 0 Å². The standard InChI is InChI=1S/C21H17NO4/c1-25-20-13-26-19(11-18(20)23)21(24)22-12-16(14-7-3-2-4-8-14)15-9-5-6-10-17(15)22/h2-11,13,16H,12H2,1H3/t16-/m1/s1. The van der Waals surface area contributed by atoms with Crippen molar-refractivity contribution in [2.24, 2.45) is 0 Å². The second-order valence-corrected chi connectivity index (χ2v) is 6.11. The lowest BCUT2D eigenvalue weighted by Gasteiger charge is -2.17. The Bertz CT molecular complexity index is 1010. The number of carbonyl (C=O) groups is 1. The summed E-state index contributed by atoms with van der Waals surface area (Å²) >= 11 is 0. The second-order valence-electron chi connectivity index (χ2n) is 6.11. The van der Waals surface area contributed by atoms with E-state index >= 15 is 0 Å². The van der Waals surface area contributed by atoms with Gasteiger partial charge in [-0.1, -0.05) is 48.5 Å². The number of benzene rings is 2. The Kier molecular flexibility index (Phi) is 4.05. The molecule has 0 radical (unpaired) electrons. The van der Waals surface area contributed by atoms with Crippen molar-refractivity contribution in [2.75, 3.05) is 18.6 Å². The molecule has 0 spiro atoms. The van der Waals surface area contributed by atoms with Crippen LogP contribution in [-0.2, 0) is 0 Å². The summed E-state index contributed by atoms with van der Waals surface area (Å²) in [4.78, 5) is 26.6. The number of methoxy groups -OCH3 is 1. The smallest absolute Gasteiger partial charge is 0.294 e. The molecule has 5 nitrogen and oxygen atoms in total. The maximum atomic E-state index is 13.0. The van der Waals surface area contributed by atoms with Gasteiger partial charge in [0.05, 0.1) is 7.11 Å². The van der Waals surface area contributed by atoms with Crippen LogP contribution in [0, 0.1) is 0 Å². The highest BCUT2D eigenvalue weighted by Crippen LogP contribution is 2.40. The first-order chi connectivity index (χ1) is 12.7. The molecular formula is C21H17NO4. The summed E-state index contributed by atoms with van der Waals surface area (Å²) in [6.07, 6.45) is 1.17. The Morgan fingerprint density at radius 3 is 2.58 bits per heavy atom. The molecule has 0 fully saturated rings. The van der Waals surface area contributed by atoms with Crippen LogP contribution in [0.5, 0.6) is 5.75 Å². The second kappa shape index (κ2) is 6.52. The molecule has 1 aliphatic heterocycles. The van der Waals surface area contributed by atoms with E-state index in [0.29, 0.717) is 6.54 Å². The van der Waals surface area contributed by atoms with Crippen LogP contribution in [0.3, 0.4) is 0 Å². The van der Waals surface area contributed by atoms with Crippen LogP contribution in [0.2, 0.25) is 0 Å². The summed E-state index contributed by atoms with van der Waals surface area (Å²) in [7, 11) is 1.38. The first kappa shape index (κ1) is 16.1. The number of hydrogen-bond donors (Lipinski definition) is 0. The van der Waals surface area contributed by atoms with Crippen LogP contribution in [0.1, 0.15) is 27.6 Å². The maximum absolute atomic E-state index is 13.0. The van der Waals surface area contributed by atoms with Gasteiger partial charge < -0.3 is 14.1 Å². The average Bonchev–Trinajstić information content (AvgIpc) is 3.08. The molecule has 1 aliphatic rings. The van der Waals surface area contributed by atoms with E-state index in [2.05, 4.69) is 12.1 Å². The molecule has 130 valence electrons. The van der Waals surface area contributed by atoms with Crippen LogP contribution in [0.25, 0.3) is 0 Å². The van der Waals surface area contributed by atoms with Crippen LogP contribution < -0.4 is 15.1 Å². The first-order valence-corrected chi connectivity index (χ1v) is 8.31. The molecule has 1 amide bonds. The number of hydrogen-bond acceptors (Lipinski definition) is 4. The summed E-state index contributed by atoms with van der Waals surface area (Å²) in [5.41, 5.74) is 2.69. The summed E-state index contributed by atoms with van der Waals surface area (Å²) in [5, 5.41) is 0. The lowest BCUT2D eigenvalue weighted by Crippen LogP contribution is -2.30. The SMILES string of the molecule is COc1coc(C(=O)N2C[C@H](c3ccccc3)c3ccccc32)cc1=O. The van der Waals surface area contributed by atoms with Gasteiger partial charge in [0.15, 0.2) is 5.76 Å². The number of rotatable bonds is 3. The van der Waals surface area contributed by atoms with Gasteiger partial charge in [-0.05, 0) is 17.2 Å². The van der Waals surface area contributed by atoms with Crippen LogP contribution in [0.15, 0.2) is 76.1 Å². The molecular weight excluding hydrogens is 330 g/mol. The van der Waals surface area contributed by atoms with Crippen molar-refractivity contribution in [3.8, 4) is 5.75 Å². The molecule has 0 saturated carbocycles. The van der Waals surface area contributed by atoms with Gasteiger partial charge in [0.1, 0.15) is 6.26 Å². The van der Waals surface area contributed by atoms with E-state index in [9.17, 15) is 9.59 Å². The first-order valence-electron chi connectivity index (χ1n) is 8.31. The highest BCUT2D eigenvalue weighted by atomic mass is 16.5. The molecule has 5 heteroatoms. The minimum absolute atomic E-state index is 0.000635. The van der Waals surface area contributed by atoms with Gasteiger partial charge in [-0.2, -0.15) is 0 Å². The fraction of sp³-hybridized carbons (Fsp3) is 0.143. The largest absolute Gasteiger partial charge is 0.490 e. The van der Waals surface area contributed by atoms with Crippen molar-refractivity contribution in [2.45, 2.75) is 5.92 Å². The third kappa shape index (κ3) is 2.67. The summed E-state index contributed by atoms with van der Waals surface area (Å²) in [5.74, 6) is -0.179. The summed E-state index contributed by atoms with van der Waals surface area (Å²) in [6.45, 7) is 0.498. The minimum atomic E-state index is -0.380. The molecule has 0 unspecified atom stereocenters. The Morgan fingerprint density at radius 1 is 1.12 bits per heavy atom. The monoisotopic (exact) mass is 347 g/mol. The van der Waals surface area contributed by atoms with Gasteiger partial charge in [-0.3, -0.25) is 9.59 Å². The number of carbonyl (C=O) groups excluding carboxylic acids is 1. The fourth-order valence-electron chi connectivity index (χ4n) is 3.36. The number of fused-ring (bicyclic) bond motifs is 1. The molecule has 0 bridgehead atoms. The van der Waals surface area contributed by atoms with Gasteiger partial charge in [-0.25, -0.2) is 0 Å². The van der Waals surface area contributed by atoms with E-state index in [1.54, 1.807) is 4.90 Å². The van der Waals surface area contributed by atoms with Crippen molar-refractivity contribution in [3.05, 3.63) is 94.0 Å². The quantitative estimate of drug-likeness (QED) is 0.728. The van der Waals surface area contributed by atoms with E-state index < -0.39 is 0 Å². The predicted octanol–water partition coefficient (Wildman–Crippen LogP) is 3.44. The van der Waals surface area contributed by atoms with Gasteiger partial charge >= 0.3 is 0 Å². The zero-order valence-electron chi connectivity index (χ0n) is 14.2. The zero-order valence-corrected chi connectivity index (χ0v) is 14.2. The van der Waals surface area contributed by atoms with Gasteiger partial charge in [-0.15, -0.1) is 0 Å². The molecule has 2 aromatic carbocycles. The molecule has 0 saturated heterocycles. The number of ether oxygens (including phenoxy) is 1. The Morgan fingerprint density at radius 2 is 1.85 bits per heavy atom. The highest BCUT2D eigenvalue weighted by Gasteiger charge is 2.34. The van der Waals surface area contributed by atoms with Crippen LogP contribution in [-0.4, -0.2) is 19.6 Å². The predicted molar refractivity (Wildman–Crippen MR) is 97.9 cm³/mol. The topological polar surface area (TPSA) is 59.8 Å². The van der Waals surface area contributed by atoms with Gasteiger partial charge in [0, 0.05) is 24.2 Å². The lowest BCUT2D eigenvalue weighted by molar-refractivity contribution is 0.0959. The highest BCUT2D eigenvalue weighted by molar-refractivity contribution is 6.05. The molecule has 26 heavy (non-hydrogen) atoms. The molecule has 4 rings (SSSR count). The minimum Gasteiger partial charge on any atom is -0.490 e. The van der Waals surface area contributed by atoms with Crippen molar-refractivity contribution >= 4 is 11.6 Å². The summed E-state index contributed by atoms with van der Waals surface area (Å²) in [6, 6.07) is 19.1. The molecule has 1 atom stereocenters. The number of para-hydroxylation sites is 1. The molecule has 3 aromatic rings. The van der Waals surface area contributed by atoms with E-state index in [1.165, 1.54) is 19.4 Å². The molecule has 0 aliphatic carbocycles. The number of anilines is 1.